The molecule has 2 nitrogen and oxygen atoms in total. The zero-order valence-corrected chi connectivity index (χ0v) is 16.2. The van der Waals surface area contributed by atoms with Gasteiger partial charge in [-0.1, -0.05) is 42.5 Å². The minimum Gasteiger partial charge on any atom is -1.00 e. The zero-order valence-electron chi connectivity index (χ0n) is 14.1. The number of benzene rings is 2. The van der Waals surface area contributed by atoms with Crippen molar-refractivity contribution in [2.45, 2.75) is 25.8 Å². The Morgan fingerprint density at radius 3 is 2.62 bits per heavy atom. The fourth-order valence-electron chi connectivity index (χ4n) is 5.02. The summed E-state index contributed by atoms with van der Waals surface area (Å²) in [6.45, 7) is 6.12. The molecule has 0 saturated heterocycles. The number of para-hydroxylation sites is 1. The number of aromatic amines is 1. The number of nitrogens with zero attached hydrogens (tertiary/aromatic N) is 1. The molecule has 2 aliphatic rings. The minimum absolute atomic E-state index is 0. The third-order valence-electron chi connectivity index (χ3n) is 6.28. The number of hydrogen-bond donors (Lipinski definition) is 1. The molecule has 3 heterocycles. The molecule has 0 bridgehead atoms. The highest BCUT2D eigenvalue weighted by molar-refractivity contribution is 5.85. The Bertz CT molecular complexity index is 898. The van der Waals surface area contributed by atoms with E-state index in [2.05, 4.69) is 60.4 Å². The van der Waals surface area contributed by atoms with Gasteiger partial charge in [-0.2, -0.15) is 0 Å². The molecule has 0 spiro atoms. The third kappa shape index (κ3) is 2.10. The fraction of sp³-hybridized carbons (Fsp3) is 0.333. The number of nitrogens with one attached hydrogen (secondary N) is 1. The number of H-pyrrole nitrogens is 1. The first-order chi connectivity index (χ1) is 11.3. The molecule has 0 saturated carbocycles. The van der Waals surface area contributed by atoms with Crippen molar-refractivity contribution in [1.82, 2.24) is 4.98 Å². The molecule has 2 aliphatic heterocycles. The number of quaternary nitrogens is 1. The predicted molar refractivity (Wildman–Crippen MR) is 94.5 cm³/mol. The number of rotatable bonds is 1. The summed E-state index contributed by atoms with van der Waals surface area (Å²) in [6.07, 6.45) is 2.42. The van der Waals surface area contributed by atoms with Gasteiger partial charge in [-0.05, 0) is 24.1 Å². The van der Waals surface area contributed by atoms with Crippen molar-refractivity contribution < 1.29 is 28.5 Å². The van der Waals surface area contributed by atoms with Crippen LogP contribution in [0.5, 0.6) is 0 Å². The lowest BCUT2D eigenvalue weighted by Gasteiger charge is -2.50. The van der Waals surface area contributed by atoms with Crippen LogP contribution in [-0.4, -0.2) is 29.1 Å². The Balaban J connectivity index is 0.00000146. The van der Waals surface area contributed by atoms with Gasteiger partial charge in [0.2, 0.25) is 0 Å². The number of fused-ring (bicyclic) bond motifs is 7. The van der Waals surface area contributed by atoms with E-state index in [-0.39, 0.29) is 24.0 Å². The number of halogens is 1. The summed E-state index contributed by atoms with van der Waals surface area (Å²) in [5.41, 5.74) is 7.44. The summed E-state index contributed by atoms with van der Waals surface area (Å²) < 4.78 is 1.22. The Morgan fingerprint density at radius 2 is 1.75 bits per heavy atom. The lowest BCUT2D eigenvalue weighted by atomic mass is 9.83. The van der Waals surface area contributed by atoms with Gasteiger partial charge in [0, 0.05) is 29.3 Å². The van der Waals surface area contributed by atoms with E-state index in [9.17, 15) is 0 Å². The summed E-state index contributed by atoms with van der Waals surface area (Å²) in [4.78, 5) is 3.80. The van der Waals surface area contributed by atoms with Crippen molar-refractivity contribution >= 4 is 10.9 Å². The highest BCUT2D eigenvalue weighted by atomic mass is 127. The Labute approximate surface area is 160 Å². The second-order valence-corrected chi connectivity index (χ2v) is 7.15. The molecule has 0 amide bonds. The van der Waals surface area contributed by atoms with Crippen LogP contribution in [0.25, 0.3) is 10.9 Å². The maximum Gasteiger partial charge on any atom is 0.156 e. The van der Waals surface area contributed by atoms with Crippen molar-refractivity contribution in [2.24, 2.45) is 0 Å². The second-order valence-electron chi connectivity index (χ2n) is 7.15. The summed E-state index contributed by atoms with van der Waals surface area (Å²) in [6, 6.07) is 18.4. The normalized spacial score (nSPS) is 24.6. The first-order valence-electron chi connectivity index (χ1n) is 8.85. The number of hydrogen-bond acceptors (Lipinski definition) is 0. The van der Waals surface area contributed by atoms with Crippen LogP contribution in [0.4, 0.5) is 0 Å². The molecule has 0 fully saturated rings. The van der Waals surface area contributed by atoms with Gasteiger partial charge in [-0.3, -0.25) is 0 Å². The highest BCUT2D eigenvalue weighted by Crippen LogP contribution is 2.46. The number of aromatic nitrogens is 1. The quantitative estimate of drug-likeness (QED) is 0.442. The van der Waals surface area contributed by atoms with Crippen LogP contribution >= 0.6 is 0 Å². The average Bonchev–Trinajstić information content (AvgIpc) is 2.99. The van der Waals surface area contributed by atoms with Gasteiger partial charge in [-0.15, -0.1) is 0 Å². The van der Waals surface area contributed by atoms with Crippen LogP contribution < -0.4 is 24.0 Å². The lowest BCUT2D eigenvalue weighted by Crippen LogP contribution is -3.00. The van der Waals surface area contributed by atoms with Crippen LogP contribution in [0.15, 0.2) is 48.5 Å². The molecule has 2 aromatic carbocycles. The van der Waals surface area contributed by atoms with E-state index in [1.54, 1.807) is 16.7 Å². The first kappa shape index (κ1) is 16.2. The average molecular weight is 430 g/mol. The molecule has 5 rings (SSSR count). The molecule has 24 heavy (non-hydrogen) atoms. The SMILES string of the molecule is CC[N+]12CCc3ccccc3C1c1[nH]c3ccccc3c1CC2.[I-]. The first-order valence-corrected chi connectivity index (χ1v) is 8.85. The lowest BCUT2D eigenvalue weighted by molar-refractivity contribution is -0.954. The molecule has 3 aromatic rings. The van der Waals surface area contributed by atoms with Gasteiger partial charge in [0.1, 0.15) is 0 Å². The molecule has 2 atom stereocenters. The van der Waals surface area contributed by atoms with Crippen LogP contribution in [0.1, 0.15) is 35.3 Å². The maximum atomic E-state index is 3.80. The molecule has 1 N–H and O–H groups in total. The summed E-state index contributed by atoms with van der Waals surface area (Å²) in [7, 11) is 0. The second kappa shape index (κ2) is 5.88. The molecule has 1 aromatic heterocycles. The Kier molecular flexibility index (Phi) is 3.96. The zero-order chi connectivity index (χ0) is 15.4. The summed E-state index contributed by atoms with van der Waals surface area (Å²) in [5.74, 6) is 0. The van der Waals surface area contributed by atoms with E-state index >= 15 is 0 Å². The standard InChI is InChI=1S/C21H23N2.HI/c1-2-23-13-11-15-7-3-4-8-16(15)21(23)20-18(12-14-23)17-9-5-6-10-19(17)22-20;/h3-10,21-22H,2,11-14H2,1H3;1H/q+1;/p-1. The Morgan fingerprint density at radius 1 is 1.00 bits per heavy atom. The monoisotopic (exact) mass is 430 g/mol. The van der Waals surface area contributed by atoms with E-state index in [4.69, 9.17) is 0 Å². The van der Waals surface area contributed by atoms with E-state index in [0.29, 0.717) is 6.04 Å². The third-order valence-corrected chi connectivity index (χ3v) is 6.28. The Hall–Kier alpha value is -1.33. The van der Waals surface area contributed by atoms with Crippen LogP contribution in [-0.2, 0) is 12.8 Å². The van der Waals surface area contributed by atoms with Crippen molar-refractivity contribution in [3.8, 4) is 0 Å². The van der Waals surface area contributed by atoms with Crippen molar-refractivity contribution in [3.63, 3.8) is 0 Å². The molecular weight excluding hydrogens is 407 g/mol. The summed E-state index contributed by atoms with van der Waals surface area (Å²) >= 11 is 0. The molecule has 124 valence electrons. The van der Waals surface area contributed by atoms with E-state index < -0.39 is 0 Å². The van der Waals surface area contributed by atoms with Crippen molar-refractivity contribution in [2.75, 3.05) is 19.6 Å². The summed E-state index contributed by atoms with van der Waals surface area (Å²) in [5, 5.41) is 1.43. The van der Waals surface area contributed by atoms with Gasteiger partial charge in [0.25, 0.3) is 0 Å². The molecule has 0 radical (unpaired) electrons. The highest BCUT2D eigenvalue weighted by Gasteiger charge is 2.46. The molecule has 0 aliphatic carbocycles. The van der Waals surface area contributed by atoms with E-state index in [0.717, 1.165) is 0 Å². The van der Waals surface area contributed by atoms with Crippen molar-refractivity contribution in [1.29, 1.82) is 0 Å². The number of likely N-dealkylation sites (N-methyl/N-ethyl adjacent to an activating group) is 1. The van der Waals surface area contributed by atoms with Gasteiger partial charge < -0.3 is 33.4 Å². The minimum atomic E-state index is 0. The molecular formula is C21H23IN2. The van der Waals surface area contributed by atoms with Gasteiger partial charge in [-0.25, -0.2) is 0 Å². The van der Waals surface area contributed by atoms with Gasteiger partial charge >= 0.3 is 0 Å². The van der Waals surface area contributed by atoms with E-state index in [1.165, 1.54) is 53.6 Å². The van der Waals surface area contributed by atoms with Crippen LogP contribution in [0.3, 0.4) is 0 Å². The maximum absolute atomic E-state index is 3.80. The van der Waals surface area contributed by atoms with Crippen molar-refractivity contribution in [3.05, 3.63) is 70.9 Å². The fourth-order valence-corrected chi connectivity index (χ4v) is 5.02. The van der Waals surface area contributed by atoms with E-state index in [1.807, 2.05) is 0 Å². The molecule has 2 unspecified atom stereocenters. The predicted octanol–water partition coefficient (Wildman–Crippen LogP) is 1.21. The van der Waals surface area contributed by atoms with Gasteiger partial charge in [0.05, 0.1) is 25.3 Å². The van der Waals surface area contributed by atoms with Gasteiger partial charge in [0.15, 0.2) is 6.04 Å². The van der Waals surface area contributed by atoms with Crippen LogP contribution in [0.2, 0.25) is 0 Å². The largest absolute Gasteiger partial charge is 1.00 e. The van der Waals surface area contributed by atoms with Crippen LogP contribution in [0, 0.1) is 0 Å². The smallest absolute Gasteiger partial charge is 0.156 e. The molecule has 3 heteroatoms. The topological polar surface area (TPSA) is 15.8 Å².